The average Bonchev–Trinajstić information content (AvgIpc) is 3.43. The predicted octanol–water partition coefficient (Wildman–Crippen LogP) is 3.18. The highest BCUT2D eigenvalue weighted by Gasteiger charge is 2.46. The largest absolute Gasteiger partial charge is 0.340 e. The van der Waals surface area contributed by atoms with Crippen LogP contribution in [-0.2, 0) is 11.3 Å². The van der Waals surface area contributed by atoms with E-state index in [1.54, 1.807) is 6.20 Å². The Balaban J connectivity index is 1.29. The number of hydrogen-bond acceptors (Lipinski definition) is 3. The van der Waals surface area contributed by atoms with Gasteiger partial charge in [0.25, 0.3) is 0 Å². The Kier molecular flexibility index (Phi) is 4.73. The van der Waals surface area contributed by atoms with Crippen molar-refractivity contribution >= 4 is 17.5 Å². The highest BCUT2D eigenvalue weighted by Crippen LogP contribution is 2.48. The molecule has 1 saturated carbocycles. The molecule has 1 saturated heterocycles. The molecule has 130 valence electrons. The molecule has 2 aromatic rings. The molecule has 5 heteroatoms. The molecule has 4 rings (SSSR count). The molecule has 1 aliphatic heterocycles. The van der Waals surface area contributed by atoms with Gasteiger partial charge in [-0.05, 0) is 41.7 Å². The third-order valence-electron chi connectivity index (χ3n) is 5.20. The molecule has 0 radical (unpaired) electrons. The zero-order chi connectivity index (χ0) is 17.2. The van der Waals surface area contributed by atoms with E-state index >= 15 is 0 Å². The molecule has 2 fully saturated rings. The molecule has 0 N–H and O–H groups in total. The van der Waals surface area contributed by atoms with Gasteiger partial charge in [-0.25, -0.2) is 0 Å². The van der Waals surface area contributed by atoms with Crippen molar-refractivity contribution in [3.8, 4) is 0 Å². The number of hydrogen-bond donors (Lipinski definition) is 0. The van der Waals surface area contributed by atoms with Gasteiger partial charge in [-0.1, -0.05) is 29.8 Å². The van der Waals surface area contributed by atoms with E-state index in [1.807, 2.05) is 35.4 Å². The van der Waals surface area contributed by atoms with Crippen LogP contribution < -0.4 is 0 Å². The topological polar surface area (TPSA) is 36.4 Å². The Morgan fingerprint density at radius 1 is 1.16 bits per heavy atom. The lowest BCUT2D eigenvalue weighted by atomic mass is 10.1. The number of benzene rings is 1. The minimum Gasteiger partial charge on any atom is -0.340 e. The fourth-order valence-electron chi connectivity index (χ4n) is 3.68. The van der Waals surface area contributed by atoms with E-state index in [-0.39, 0.29) is 5.92 Å². The van der Waals surface area contributed by atoms with Crippen molar-refractivity contribution in [3.63, 3.8) is 0 Å². The molecule has 1 aliphatic carbocycles. The molecule has 0 unspecified atom stereocenters. The predicted molar refractivity (Wildman–Crippen MR) is 98.4 cm³/mol. The molecule has 1 aromatic heterocycles. The number of rotatable bonds is 4. The summed E-state index contributed by atoms with van der Waals surface area (Å²) in [5.41, 5.74) is 2.42. The van der Waals surface area contributed by atoms with Crippen LogP contribution in [0.2, 0.25) is 5.02 Å². The molecular weight excluding hydrogens is 334 g/mol. The summed E-state index contributed by atoms with van der Waals surface area (Å²) in [4.78, 5) is 21.4. The van der Waals surface area contributed by atoms with Crippen LogP contribution in [0.1, 0.15) is 23.5 Å². The van der Waals surface area contributed by atoms with Crippen molar-refractivity contribution in [1.82, 2.24) is 14.8 Å². The van der Waals surface area contributed by atoms with Gasteiger partial charge in [0.05, 0.1) is 0 Å². The Bertz CT molecular complexity index is 744. The van der Waals surface area contributed by atoms with E-state index in [2.05, 4.69) is 22.0 Å². The van der Waals surface area contributed by atoms with Crippen LogP contribution >= 0.6 is 11.6 Å². The lowest BCUT2D eigenvalue weighted by Gasteiger charge is -2.35. The second-order valence-electron chi connectivity index (χ2n) is 6.97. The molecule has 1 amide bonds. The van der Waals surface area contributed by atoms with Gasteiger partial charge in [0.1, 0.15) is 0 Å². The summed E-state index contributed by atoms with van der Waals surface area (Å²) in [5.74, 6) is 0.800. The van der Waals surface area contributed by atoms with E-state index < -0.39 is 0 Å². The maximum absolute atomic E-state index is 12.8. The molecule has 25 heavy (non-hydrogen) atoms. The Hall–Kier alpha value is -1.91. The number of halogens is 1. The number of carbonyl (C=O) groups excluding carboxylic acids is 1. The second kappa shape index (κ2) is 7.14. The van der Waals surface area contributed by atoms with Gasteiger partial charge in [-0.2, -0.15) is 0 Å². The molecular formula is C20H22ClN3O. The van der Waals surface area contributed by atoms with E-state index in [9.17, 15) is 4.79 Å². The Labute approximate surface area is 153 Å². The van der Waals surface area contributed by atoms with Gasteiger partial charge >= 0.3 is 0 Å². The molecule has 0 spiro atoms. The highest BCUT2D eigenvalue weighted by molar-refractivity contribution is 6.30. The summed E-state index contributed by atoms with van der Waals surface area (Å²) in [6.45, 7) is 4.39. The number of piperazine rings is 1. The van der Waals surface area contributed by atoms with E-state index in [0.29, 0.717) is 11.8 Å². The number of nitrogens with zero attached hydrogens (tertiary/aromatic N) is 3. The SMILES string of the molecule is O=C([C@H]1C[C@H]1c1cccc(Cl)c1)N1CCN(Cc2cccnc2)CC1. The van der Waals surface area contributed by atoms with Crippen molar-refractivity contribution in [3.05, 3.63) is 64.9 Å². The first-order valence-corrected chi connectivity index (χ1v) is 9.24. The smallest absolute Gasteiger partial charge is 0.226 e. The normalized spacial score (nSPS) is 23.5. The molecule has 0 bridgehead atoms. The van der Waals surface area contributed by atoms with Crippen molar-refractivity contribution < 1.29 is 4.79 Å². The summed E-state index contributed by atoms with van der Waals surface area (Å²) in [6, 6.07) is 12.0. The first-order chi connectivity index (χ1) is 12.2. The first-order valence-electron chi connectivity index (χ1n) is 8.86. The fourth-order valence-corrected chi connectivity index (χ4v) is 3.88. The molecule has 2 atom stereocenters. The van der Waals surface area contributed by atoms with Crippen molar-refractivity contribution in [1.29, 1.82) is 0 Å². The lowest BCUT2D eigenvalue weighted by molar-refractivity contribution is -0.134. The first kappa shape index (κ1) is 16.6. The standard InChI is InChI=1S/C20H22ClN3O/c21-17-5-1-4-16(11-17)18-12-19(18)20(25)24-9-7-23(8-10-24)14-15-3-2-6-22-13-15/h1-6,11,13,18-19H,7-10,12,14H2/t18-,19-/m0/s1. The highest BCUT2D eigenvalue weighted by atomic mass is 35.5. The van der Waals surface area contributed by atoms with Crippen LogP contribution in [0.3, 0.4) is 0 Å². The maximum atomic E-state index is 12.8. The average molecular weight is 356 g/mol. The number of pyridine rings is 1. The van der Waals surface area contributed by atoms with Crippen molar-refractivity contribution in [2.24, 2.45) is 5.92 Å². The number of carbonyl (C=O) groups is 1. The molecule has 2 heterocycles. The van der Waals surface area contributed by atoms with Gasteiger partial charge in [0.2, 0.25) is 5.91 Å². The lowest BCUT2D eigenvalue weighted by Crippen LogP contribution is -2.48. The van der Waals surface area contributed by atoms with Crippen LogP contribution in [-0.4, -0.2) is 46.9 Å². The molecule has 1 aromatic carbocycles. The summed E-state index contributed by atoms with van der Waals surface area (Å²) >= 11 is 6.07. The molecule has 4 nitrogen and oxygen atoms in total. The summed E-state index contributed by atoms with van der Waals surface area (Å²) in [5, 5.41) is 0.750. The summed E-state index contributed by atoms with van der Waals surface area (Å²) in [6.07, 6.45) is 4.67. The summed E-state index contributed by atoms with van der Waals surface area (Å²) < 4.78 is 0. The third-order valence-corrected chi connectivity index (χ3v) is 5.43. The zero-order valence-electron chi connectivity index (χ0n) is 14.1. The Morgan fingerprint density at radius 3 is 2.72 bits per heavy atom. The van der Waals surface area contributed by atoms with Crippen molar-refractivity contribution in [2.75, 3.05) is 26.2 Å². The van der Waals surface area contributed by atoms with Crippen LogP contribution in [0.25, 0.3) is 0 Å². The molecule has 2 aliphatic rings. The maximum Gasteiger partial charge on any atom is 0.226 e. The minimum absolute atomic E-state index is 0.142. The Morgan fingerprint density at radius 2 is 2.00 bits per heavy atom. The summed E-state index contributed by atoms with van der Waals surface area (Å²) in [7, 11) is 0. The second-order valence-corrected chi connectivity index (χ2v) is 7.40. The quantitative estimate of drug-likeness (QED) is 0.845. The van der Waals surface area contributed by atoms with Crippen molar-refractivity contribution in [2.45, 2.75) is 18.9 Å². The van der Waals surface area contributed by atoms with E-state index in [0.717, 1.165) is 44.2 Å². The fraction of sp³-hybridized carbons (Fsp3) is 0.400. The number of amides is 1. The monoisotopic (exact) mass is 355 g/mol. The third kappa shape index (κ3) is 3.86. The van der Waals surface area contributed by atoms with Crippen LogP contribution in [0.4, 0.5) is 0 Å². The van der Waals surface area contributed by atoms with E-state index in [1.165, 1.54) is 11.1 Å². The van der Waals surface area contributed by atoms with Gasteiger partial charge in [0, 0.05) is 56.1 Å². The van der Waals surface area contributed by atoms with Gasteiger partial charge in [-0.3, -0.25) is 14.7 Å². The number of aromatic nitrogens is 1. The minimum atomic E-state index is 0.142. The zero-order valence-corrected chi connectivity index (χ0v) is 14.9. The van der Waals surface area contributed by atoms with Gasteiger partial charge in [-0.15, -0.1) is 0 Å². The van der Waals surface area contributed by atoms with Crippen LogP contribution in [0.15, 0.2) is 48.8 Å². The van der Waals surface area contributed by atoms with Crippen LogP contribution in [0.5, 0.6) is 0 Å². The van der Waals surface area contributed by atoms with Crippen LogP contribution in [0, 0.1) is 5.92 Å². The van der Waals surface area contributed by atoms with Gasteiger partial charge in [0.15, 0.2) is 0 Å². The van der Waals surface area contributed by atoms with Gasteiger partial charge < -0.3 is 4.90 Å². The van der Waals surface area contributed by atoms with E-state index in [4.69, 9.17) is 11.6 Å².